The Kier molecular flexibility index (Phi) is 3.50. The molecule has 1 unspecified atom stereocenters. The van der Waals surface area contributed by atoms with Gasteiger partial charge in [0.2, 0.25) is 5.91 Å². The average Bonchev–Trinajstić information content (AvgIpc) is 2.46. The molecule has 1 heterocycles. The molecule has 0 aromatic heterocycles. The molecule has 0 aliphatic carbocycles. The van der Waals surface area contributed by atoms with Crippen molar-refractivity contribution in [2.45, 2.75) is 26.3 Å². The van der Waals surface area contributed by atoms with Crippen LogP contribution in [0.5, 0.6) is 0 Å². The van der Waals surface area contributed by atoms with Gasteiger partial charge in [-0.15, -0.1) is 6.58 Å². The maximum Gasteiger partial charge on any atom is 0.326 e. The van der Waals surface area contributed by atoms with Crippen LogP contribution >= 0.6 is 0 Å². The van der Waals surface area contributed by atoms with Crippen LogP contribution in [0.1, 0.15) is 20.3 Å². The Bertz CT molecular complexity index is 286. The van der Waals surface area contributed by atoms with E-state index >= 15 is 0 Å². The van der Waals surface area contributed by atoms with Gasteiger partial charge in [-0.25, -0.2) is 4.79 Å². The van der Waals surface area contributed by atoms with Crippen molar-refractivity contribution >= 4 is 11.9 Å². The number of amides is 1. The molecule has 1 fully saturated rings. The molecule has 15 heavy (non-hydrogen) atoms. The van der Waals surface area contributed by atoms with Gasteiger partial charge in [0, 0.05) is 18.9 Å². The van der Waals surface area contributed by atoms with Gasteiger partial charge in [-0.2, -0.15) is 0 Å². The second-order valence-electron chi connectivity index (χ2n) is 4.27. The quantitative estimate of drug-likeness (QED) is 0.709. The second-order valence-corrected chi connectivity index (χ2v) is 4.27. The molecule has 0 saturated carbocycles. The number of nitrogens with zero attached hydrogens (tertiary/aromatic N) is 1. The fourth-order valence-electron chi connectivity index (χ4n) is 1.97. The molecule has 1 amide bonds. The highest BCUT2D eigenvalue weighted by molar-refractivity contribution is 5.85. The highest BCUT2D eigenvalue weighted by Crippen LogP contribution is 2.24. The van der Waals surface area contributed by atoms with E-state index in [4.69, 9.17) is 5.11 Å². The average molecular weight is 211 g/mol. The fourth-order valence-corrected chi connectivity index (χ4v) is 1.97. The van der Waals surface area contributed by atoms with E-state index in [1.807, 2.05) is 13.8 Å². The van der Waals surface area contributed by atoms with Gasteiger partial charge in [-0.05, 0) is 5.92 Å². The Labute approximate surface area is 89.6 Å². The minimum Gasteiger partial charge on any atom is -0.480 e. The Hall–Kier alpha value is -1.32. The first kappa shape index (κ1) is 11.8. The van der Waals surface area contributed by atoms with Crippen molar-refractivity contribution in [1.29, 1.82) is 0 Å². The van der Waals surface area contributed by atoms with Crippen LogP contribution in [0.2, 0.25) is 0 Å². The molecule has 0 aromatic rings. The van der Waals surface area contributed by atoms with Gasteiger partial charge >= 0.3 is 5.97 Å². The lowest BCUT2D eigenvalue weighted by molar-refractivity contribution is -0.150. The third-order valence-electron chi connectivity index (χ3n) is 2.74. The minimum atomic E-state index is -0.928. The summed E-state index contributed by atoms with van der Waals surface area (Å²) in [6.45, 7) is 7.74. The Morgan fingerprint density at radius 3 is 2.60 bits per heavy atom. The highest BCUT2D eigenvalue weighted by atomic mass is 16.4. The standard InChI is InChI=1S/C11H17NO3/c1-4-8-5-9(13)12(6-8)10(7(2)3)11(14)15/h4,7-8,10H,1,5-6H2,2-3H3,(H,14,15)/t8?,10-/m0/s1. The van der Waals surface area contributed by atoms with Gasteiger partial charge in [0.1, 0.15) is 6.04 Å². The summed E-state index contributed by atoms with van der Waals surface area (Å²) in [6.07, 6.45) is 2.11. The monoisotopic (exact) mass is 211 g/mol. The summed E-state index contributed by atoms with van der Waals surface area (Å²) >= 11 is 0. The van der Waals surface area contributed by atoms with E-state index in [0.717, 1.165) is 0 Å². The zero-order valence-electron chi connectivity index (χ0n) is 9.14. The van der Waals surface area contributed by atoms with E-state index in [0.29, 0.717) is 13.0 Å². The molecule has 0 bridgehead atoms. The zero-order valence-corrected chi connectivity index (χ0v) is 9.14. The van der Waals surface area contributed by atoms with Crippen LogP contribution in [0.25, 0.3) is 0 Å². The van der Waals surface area contributed by atoms with E-state index in [-0.39, 0.29) is 17.7 Å². The number of rotatable bonds is 4. The summed E-state index contributed by atoms with van der Waals surface area (Å²) < 4.78 is 0. The lowest BCUT2D eigenvalue weighted by atomic mass is 10.0. The Morgan fingerprint density at radius 1 is 1.67 bits per heavy atom. The fraction of sp³-hybridized carbons (Fsp3) is 0.636. The SMILES string of the molecule is C=CC1CC(=O)N([C@H](C(=O)O)C(C)C)C1. The van der Waals surface area contributed by atoms with Crippen molar-refractivity contribution in [3.05, 3.63) is 12.7 Å². The predicted octanol–water partition coefficient (Wildman–Crippen LogP) is 1.13. The first-order valence-corrected chi connectivity index (χ1v) is 5.12. The third-order valence-corrected chi connectivity index (χ3v) is 2.74. The van der Waals surface area contributed by atoms with Gasteiger partial charge in [-0.1, -0.05) is 19.9 Å². The van der Waals surface area contributed by atoms with Crippen LogP contribution in [-0.4, -0.2) is 34.5 Å². The largest absolute Gasteiger partial charge is 0.480 e. The van der Waals surface area contributed by atoms with Gasteiger partial charge < -0.3 is 10.0 Å². The van der Waals surface area contributed by atoms with E-state index in [1.54, 1.807) is 6.08 Å². The van der Waals surface area contributed by atoms with Gasteiger partial charge in [0.15, 0.2) is 0 Å². The molecule has 1 N–H and O–H groups in total. The zero-order chi connectivity index (χ0) is 11.6. The lowest BCUT2D eigenvalue weighted by Gasteiger charge is -2.27. The van der Waals surface area contributed by atoms with Crippen molar-refractivity contribution in [1.82, 2.24) is 4.90 Å². The van der Waals surface area contributed by atoms with Gasteiger partial charge in [0.25, 0.3) is 0 Å². The topological polar surface area (TPSA) is 57.6 Å². The van der Waals surface area contributed by atoms with Gasteiger partial charge in [-0.3, -0.25) is 4.79 Å². The minimum absolute atomic E-state index is 0.0741. The lowest BCUT2D eigenvalue weighted by Crippen LogP contribution is -2.45. The molecule has 1 saturated heterocycles. The highest BCUT2D eigenvalue weighted by Gasteiger charge is 2.37. The molecule has 1 aliphatic rings. The molecule has 84 valence electrons. The van der Waals surface area contributed by atoms with Crippen LogP contribution in [0, 0.1) is 11.8 Å². The van der Waals surface area contributed by atoms with E-state index in [2.05, 4.69) is 6.58 Å². The molecular weight excluding hydrogens is 194 g/mol. The van der Waals surface area contributed by atoms with Gasteiger partial charge in [0.05, 0.1) is 0 Å². The first-order chi connectivity index (χ1) is 6.97. The smallest absolute Gasteiger partial charge is 0.326 e. The summed E-state index contributed by atoms with van der Waals surface area (Å²) in [4.78, 5) is 24.1. The Balaban J connectivity index is 2.81. The molecule has 1 rings (SSSR count). The van der Waals surface area contributed by atoms with Crippen LogP contribution < -0.4 is 0 Å². The van der Waals surface area contributed by atoms with Crippen LogP contribution in [0.4, 0.5) is 0 Å². The molecule has 0 radical (unpaired) electrons. The maximum atomic E-state index is 11.6. The van der Waals surface area contributed by atoms with E-state index < -0.39 is 12.0 Å². The van der Waals surface area contributed by atoms with Crippen molar-refractivity contribution in [2.24, 2.45) is 11.8 Å². The van der Waals surface area contributed by atoms with Crippen molar-refractivity contribution in [3.63, 3.8) is 0 Å². The molecule has 2 atom stereocenters. The normalized spacial score (nSPS) is 23.3. The number of hydrogen-bond acceptors (Lipinski definition) is 2. The summed E-state index contributed by atoms with van der Waals surface area (Å²) in [5.41, 5.74) is 0. The van der Waals surface area contributed by atoms with Crippen LogP contribution in [-0.2, 0) is 9.59 Å². The van der Waals surface area contributed by atoms with E-state index in [1.165, 1.54) is 4.90 Å². The molecule has 4 heteroatoms. The van der Waals surface area contributed by atoms with Crippen molar-refractivity contribution < 1.29 is 14.7 Å². The number of carboxylic acids is 1. The molecule has 0 aromatic carbocycles. The first-order valence-electron chi connectivity index (χ1n) is 5.12. The number of carboxylic acid groups (broad SMARTS) is 1. The van der Waals surface area contributed by atoms with Crippen LogP contribution in [0.3, 0.4) is 0 Å². The number of likely N-dealkylation sites (tertiary alicyclic amines) is 1. The molecule has 0 spiro atoms. The molecular formula is C11H17NO3. The predicted molar refractivity (Wildman–Crippen MR) is 56.3 cm³/mol. The van der Waals surface area contributed by atoms with Crippen LogP contribution in [0.15, 0.2) is 12.7 Å². The maximum absolute atomic E-state index is 11.6. The summed E-state index contributed by atoms with van der Waals surface area (Å²) in [5.74, 6) is -0.989. The van der Waals surface area contributed by atoms with Crippen molar-refractivity contribution in [2.75, 3.05) is 6.54 Å². The second kappa shape index (κ2) is 4.47. The number of hydrogen-bond donors (Lipinski definition) is 1. The summed E-state index contributed by atoms with van der Waals surface area (Å²) in [7, 11) is 0. The number of carbonyl (C=O) groups is 2. The van der Waals surface area contributed by atoms with Crippen molar-refractivity contribution in [3.8, 4) is 0 Å². The molecule has 4 nitrogen and oxygen atoms in total. The number of carbonyl (C=O) groups excluding carboxylic acids is 1. The summed E-state index contributed by atoms with van der Waals surface area (Å²) in [5, 5.41) is 9.06. The molecule has 1 aliphatic heterocycles. The number of aliphatic carboxylic acids is 1. The Morgan fingerprint density at radius 2 is 2.27 bits per heavy atom. The third kappa shape index (κ3) is 2.37. The van der Waals surface area contributed by atoms with E-state index in [9.17, 15) is 9.59 Å². The summed E-state index contributed by atoms with van der Waals surface area (Å²) in [6, 6.07) is -0.706.